The Morgan fingerprint density at radius 1 is 1.33 bits per heavy atom. The summed E-state index contributed by atoms with van der Waals surface area (Å²) in [5, 5.41) is 3.16. The predicted octanol–water partition coefficient (Wildman–Crippen LogP) is 2.36. The zero-order valence-electron chi connectivity index (χ0n) is 14.1. The molecular formula is C18H27ClN2O3. The fraction of sp³-hybridized carbons (Fsp3) is 0.611. The van der Waals surface area contributed by atoms with Crippen LogP contribution in [0.5, 0.6) is 5.75 Å². The molecule has 0 bridgehead atoms. The monoisotopic (exact) mass is 354 g/mol. The number of amides is 1. The molecule has 0 saturated carbocycles. The fourth-order valence-electron chi connectivity index (χ4n) is 3.62. The van der Waals surface area contributed by atoms with E-state index in [4.69, 9.17) is 15.2 Å². The first-order valence-electron chi connectivity index (χ1n) is 8.49. The summed E-state index contributed by atoms with van der Waals surface area (Å²) in [6.07, 6.45) is 4.80. The summed E-state index contributed by atoms with van der Waals surface area (Å²) in [5.74, 6) is 1.06. The number of methoxy groups -OCH3 is 1. The largest absolute Gasteiger partial charge is 0.497 e. The normalized spacial score (nSPS) is 22.0. The number of nitrogens with two attached hydrogens (primary N) is 1. The first-order chi connectivity index (χ1) is 11.2. The van der Waals surface area contributed by atoms with Crippen molar-refractivity contribution < 1.29 is 14.3 Å². The zero-order valence-corrected chi connectivity index (χ0v) is 14.9. The highest BCUT2D eigenvalue weighted by Crippen LogP contribution is 2.32. The SMILES string of the molecule is COc1ccc2c(c1)CCCC2NC(=O)C(N)C1CCOCC1.Cl. The number of benzene rings is 1. The van der Waals surface area contributed by atoms with Crippen LogP contribution in [0.1, 0.15) is 42.9 Å². The summed E-state index contributed by atoms with van der Waals surface area (Å²) in [4.78, 5) is 12.5. The van der Waals surface area contributed by atoms with E-state index in [9.17, 15) is 4.79 Å². The molecule has 1 saturated heterocycles. The first-order valence-corrected chi connectivity index (χ1v) is 8.49. The van der Waals surface area contributed by atoms with Crippen molar-refractivity contribution in [3.63, 3.8) is 0 Å². The fourth-order valence-corrected chi connectivity index (χ4v) is 3.62. The smallest absolute Gasteiger partial charge is 0.237 e. The Labute approximate surface area is 149 Å². The van der Waals surface area contributed by atoms with Crippen LogP contribution in [0.2, 0.25) is 0 Å². The van der Waals surface area contributed by atoms with Crippen LogP contribution < -0.4 is 15.8 Å². The molecule has 0 aromatic heterocycles. The van der Waals surface area contributed by atoms with Crippen molar-refractivity contribution in [2.24, 2.45) is 11.7 Å². The Kier molecular flexibility index (Phi) is 6.90. The predicted molar refractivity (Wildman–Crippen MR) is 95.6 cm³/mol. The third-order valence-electron chi connectivity index (χ3n) is 5.06. The minimum absolute atomic E-state index is 0. The van der Waals surface area contributed by atoms with Crippen molar-refractivity contribution in [2.45, 2.75) is 44.2 Å². The molecule has 1 heterocycles. The van der Waals surface area contributed by atoms with Gasteiger partial charge in [0.15, 0.2) is 0 Å². The Bertz CT molecular complexity index is 561. The average Bonchev–Trinajstić information content (AvgIpc) is 2.61. The number of fused-ring (bicyclic) bond motifs is 1. The molecular weight excluding hydrogens is 328 g/mol. The van der Waals surface area contributed by atoms with E-state index in [2.05, 4.69) is 17.4 Å². The highest BCUT2D eigenvalue weighted by molar-refractivity contribution is 5.85. The molecule has 1 fully saturated rings. The molecule has 1 aromatic rings. The molecule has 3 N–H and O–H groups in total. The second-order valence-corrected chi connectivity index (χ2v) is 6.49. The molecule has 2 aliphatic rings. The van der Waals surface area contributed by atoms with Crippen LogP contribution in [-0.4, -0.2) is 32.3 Å². The van der Waals surface area contributed by atoms with Crippen molar-refractivity contribution in [2.75, 3.05) is 20.3 Å². The zero-order chi connectivity index (χ0) is 16.2. The van der Waals surface area contributed by atoms with Crippen LogP contribution in [0.3, 0.4) is 0 Å². The average molecular weight is 355 g/mol. The second-order valence-electron chi connectivity index (χ2n) is 6.49. The summed E-state index contributed by atoms with van der Waals surface area (Å²) < 4.78 is 10.6. The number of halogens is 1. The molecule has 6 heteroatoms. The maximum absolute atomic E-state index is 12.5. The van der Waals surface area contributed by atoms with E-state index < -0.39 is 6.04 Å². The molecule has 1 aliphatic heterocycles. The molecule has 2 atom stereocenters. The third kappa shape index (κ3) is 4.21. The van der Waals surface area contributed by atoms with Gasteiger partial charge < -0.3 is 20.5 Å². The molecule has 134 valence electrons. The van der Waals surface area contributed by atoms with Crippen LogP contribution in [0.15, 0.2) is 18.2 Å². The lowest BCUT2D eigenvalue weighted by atomic mass is 9.86. The quantitative estimate of drug-likeness (QED) is 0.870. The van der Waals surface area contributed by atoms with Gasteiger partial charge in [0.2, 0.25) is 5.91 Å². The van der Waals surface area contributed by atoms with Gasteiger partial charge in [-0.1, -0.05) is 6.07 Å². The van der Waals surface area contributed by atoms with Gasteiger partial charge in [0.25, 0.3) is 0 Å². The van der Waals surface area contributed by atoms with Crippen LogP contribution in [0.25, 0.3) is 0 Å². The Hall–Kier alpha value is -1.30. The highest BCUT2D eigenvalue weighted by atomic mass is 35.5. The van der Waals surface area contributed by atoms with Gasteiger partial charge in [0.1, 0.15) is 5.75 Å². The van der Waals surface area contributed by atoms with Crippen molar-refractivity contribution in [1.82, 2.24) is 5.32 Å². The maximum Gasteiger partial charge on any atom is 0.237 e. The highest BCUT2D eigenvalue weighted by Gasteiger charge is 2.29. The minimum Gasteiger partial charge on any atom is -0.497 e. The summed E-state index contributed by atoms with van der Waals surface area (Å²) in [6, 6.07) is 5.72. The summed E-state index contributed by atoms with van der Waals surface area (Å²) in [6.45, 7) is 1.41. The standard InChI is InChI=1S/C18H26N2O3.ClH/c1-22-14-5-6-15-13(11-14)3-2-4-16(15)20-18(21)17(19)12-7-9-23-10-8-12;/h5-6,11-12,16-17H,2-4,7-10,19H2,1H3,(H,20,21);1H. The Balaban J connectivity index is 0.00000208. The van der Waals surface area contributed by atoms with Crippen LogP contribution >= 0.6 is 12.4 Å². The summed E-state index contributed by atoms with van der Waals surface area (Å²) in [5.41, 5.74) is 8.65. The Morgan fingerprint density at radius 2 is 2.08 bits per heavy atom. The molecule has 0 spiro atoms. The lowest BCUT2D eigenvalue weighted by molar-refractivity contribution is -0.125. The van der Waals surface area contributed by atoms with Crippen molar-refractivity contribution in [3.05, 3.63) is 29.3 Å². The topological polar surface area (TPSA) is 73.6 Å². The number of aryl methyl sites for hydroxylation is 1. The summed E-state index contributed by atoms with van der Waals surface area (Å²) in [7, 11) is 1.68. The molecule has 5 nitrogen and oxygen atoms in total. The minimum atomic E-state index is -0.442. The number of nitrogens with one attached hydrogen (secondary N) is 1. The lowest BCUT2D eigenvalue weighted by Gasteiger charge is -2.31. The van der Waals surface area contributed by atoms with E-state index in [0.717, 1.165) is 37.9 Å². The van der Waals surface area contributed by atoms with Gasteiger partial charge in [-0.2, -0.15) is 0 Å². The van der Waals surface area contributed by atoms with Gasteiger partial charge >= 0.3 is 0 Å². The van der Waals surface area contributed by atoms with E-state index in [1.54, 1.807) is 7.11 Å². The van der Waals surface area contributed by atoms with Gasteiger partial charge in [-0.3, -0.25) is 4.79 Å². The van der Waals surface area contributed by atoms with Crippen molar-refractivity contribution in [3.8, 4) is 5.75 Å². The molecule has 24 heavy (non-hydrogen) atoms. The molecule has 1 aliphatic carbocycles. The van der Waals surface area contributed by atoms with Gasteiger partial charge in [0.05, 0.1) is 19.2 Å². The summed E-state index contributed by atoms with van der Waals surface area (Å²) >= 11 is 0. The first kappa shape index (κ1) is 19.0. The number of carbonyl (C=O) groups excluding carboxylic acids is 1. The van der Waals surface area contributed by atoms with E-state index in [0.29, 0.717) is 13.2 Å². The molecule has 0 radical (unpaired) electrons. The van der Waals surface area contributed by atoms with Gasteiger partial charge in [-0.25, -0.2) is 0 Å². The molecule has 1 aromatic carbocycles. The van der Waals surface area contributed by atoms with Crippen LogP contribution in [0.4, 0.5) is 0 Å². The second kappa shape index (κ2) is 8.70. The molecule has 2 unspecified atom stereocenters. The number of rotatable bonds is 4. The number of ether oxygens (including phenoxy) is 2. The van der Waals surface area contributed by atoms with E-state index in [-0.39, 0.29) is 30.3 Å². The van der Waals surface area contributed by atoms with Crippen molar-refractivity contribution >= 4 is 18.3 Å². The van der Waals surface area contributed by atoms with Crippen LogP contribution in [-0.2, 0) is 16.0 Å². The number of hydrogen-bond donors (Lipinski definition) is 2. The Morgan fingerprint density at radius 3 is 2.79 bits per heavy atom. The lowest BCUT2D eigenvalue weighted by Crippen LogP contribution is -2.48. The van der Waals surface area contributed by atoms with Gasteiger partial charge in [-0.15, -0.1) is 12.4 Å². The number of hydrogen-bond acceptors (Lipinski definition) is 4. The molecule has 1 amide bonds. The maximum atomic E-state index is 12.5. The van der Waals surface area contributed by atoms with Crippen LogP contribution in [0, 0.1) is 5.92 Å². The molecule has 3 rings (SSSR count). The third-order valence-corrected chi connectivity index (χ3v) is 5.06. The van der Waals surface area contributed by atoms with E-state index >= 15 is 0 Å². The number of carbonyl (C=O) groups is 1. The van der Waals surface area contributed by atoms with E-state index in [1.807, 2.05) is 6.07 Å². The van der Waals surface area contributed by atoms with E-state index in [1.165, 1.54) is 11.1 Å². The van der Waals surface area contributed by atoms with Crippen molar-refractivity contribution in [1.29, 1.82) is 0 Å². The van der Waals surface area contributed by atoms with Gasteiger partial charge in [-0.05, 0) is 61.3 Å². The van der Waals surface area contributed by atoms with Gasteiger partial charge in [0, 0.05) is 13.2 Å².